The molecule has 0 spiro atoms. The van der Waals surface area contributed by atoms with Crippen molar-refractivity contribution in [1.29, 1.82) is 0 Å². The minimum atomic E-state index is -0.384. The summed E-state index contributed by atoms with van der Waals surface area (Å²) in [7, 11) is 0. The summed E-state index contributed by atoms with van der Waals surface area (Å²) < 4.78 is 19.6. The number of ether oxygens (including phenoxy) is 1. The molecule has 0 heterocycles. The van der Waals surface area contributed by atoms with E-state index in [-0.39, 0.29) is 17.3 Å². The molecule has 0 saturated carbocycles. The van der Waals surface area contributed by atoms with Gasteiger partial charge < -0.3 is 4.74 Å². The van der Waals surface area contributed by atoms with Gasteiger partial charge in [-0.3, -0.25) is 0 Å². The van der Waals surface area contributed by atoms with Gasteiger partial charge in [0.05, 0.1) is 16.0 Å². The van der Waals surface area contributed by atoms with Crippen molar-refractivity contribution in [3.63, 3.8) is 0 Å². The third-order valence-electron chi connectivity index (χ3n) is 2.78. The maximum atomic E-state index is 13.5. The van der Waals surface area contributed by atoms with Crippen molar-refractivity contribution < 1.29 is 9.13 Å². The molecule has 0 fully saturated rings. The minimum Gasteiger partial charge on any atom is -0.491 e. The quantitative estimate of drug-likeness (QED) is 0.637. The number of hydrogen-bond donors (Lipinski definition) is 0. The number of halogens is 3. The molecule has 2 rings (SSSR count). The zero-order valence-corrected chi connectivity index (χ0v) is 13.6. The van der Waals surface area contributed by atoms with Gasteiger partial charge in [0.15, 0.2) is 0 Å². The minimum absolute atomic E-state index is 0.133. The molecular weight excluding hydrogens is 343 g/mol. The molecule has 20 heavy (non-hydrogen) atoms. The summed E-state index contributed by atoms with van der Waals surface area (Å²) in [5.74, 6) is 0.488. The van der Waals surface area contributed by atoms with E-state index in [2.05, 4.69) is 15.9 Å². The van der Waals surface area contributed by atoms with Gasteiger partial charge in [0.2, 0.25) is 0 Å². The van der Waals surface area contributed by atoms with Gasteiger partial charge in [0.25, 0.3) is 0 Å². The van der Waals surface area contributed by atoms with Crippen LogP contribution >= 0.6 is 27.5 Å². The molecule has 1 atom stereocenters. The Hall–Kier alpha value is -1.06. The van der Waals surface area contributed by atoms with Crippen LogP contribution in [0.15, 0.2) is 46.9 Å². The predicted octanol–water partition coefficient (Wildman–Crippen LogP) is 5.70. The van der Waals surface area contributed by atoms with Crippen LogP contribution in [0.25, 0.3) is 0 Å². The van der Waals surface area contributed by atoms with E-state index < -0.39 is 0 Å². The third-order valence-corrected chi connectivity index (χ3v) is 3.93. The summed E-state index contributed by atoms with van der Waals surface area (Å²) in [6, 6.07) is 12.5. The molecule has 0 amide bonds. The number of benzene rings is 2. The highest BCUT2D eigenvalue weighted by atomic mass is 79.9. The maximum absolute atomic E-state index is 13.5. The van der Waals surface area contributed by atoms with E-state index in [0.717, 1.165) is 16.9 Å². The Bertz CT molecular complexity index is 584. The molecule has 1 unspecified atom stereocenters. The molecule has 0 aliphatic carbocycles. The van der Waals surface area contributed by atoms with Gasteiger partial charge in [-0.2, -0.15) is 0 Å². The van der Waals surface area contributed by atoms with Gasteiger partial charge in [-0.25, -0.2) is 4.39 Å². The Kier molecular flexibility index (Phi) is 5.06. The van der Waals surface area contributed by atoms with Gasteiger partial charge in [-0.15, -0.1) is 11.6 Å². The van der Waals surface area contributed by atoms with E-state index in [0.29, 0.717) is 4.47 Å². The Morgan fingerprint density at radius 2 is 1.65 bits per heavy atom. The van der Waals surface area contributed by atoms with E-state index in [1.54, 1.807) is 6.07 Å². The van der Waals surface area contributed by atoms with Crippen molar-refractivity contribution in [2.24, 2.45) is 0 Å². The molecular formula is C16H15BrClFO. The molecule has 0 N–H and O–H groups in total. The monoisotopic (exact) mass is 356 g/mol. The Labute approximate surface area is 131 Å². The Morgan fingerprint density at radius 3 is 2.20 bits per heavy atom. The average Bonchev–Trinajstić information content (AvgIpc) is 2.41. The van der Waals surface area contributed by atoms with Crippen LogP contribution in [-0.2, 0) is 0 Å². The average molecular weight is 358 g/mol. The molecule has 2 aromatic carbocycles. The lowest BCUT2D eigenvalue weighted by Crippen LogP contribution is -2.05. The van der Waals surface area contributed by atoms with Crippen LogP contribution < -0.4 is 4.74 Å². The molecule has 4 heteroatoms. The highest BCUT2D eigenvalue weighted by Crippen LogP contribution is 2.31. The number of hydrogen-bond acceptors (Lipinski definition) is 1. The van der Waals surface area contributed by atoms with Crippen LogP contribution in [0, 0.1) is 5.82 Å². The smallest absolute Gasteiger partial charge is 0.137 e. The lowest BCUT2D eigenvalue weighted by atomic mass is 10.0. The van der Waals surface area contributed by atoms with Gasteiger partial charge >= 0.3 is 0 Å². The normalized spacial score (nSPS) is 12.5. The zero-order chi connectivity index (χ0) is 14.7. The first-order valence-corrected chi connectivity index (χ1v) is 7.56. The summed E-state index contributed by atoms with van der Waals surface area (Å²) in [6.07, 6.45) is 0.133. The molecule has 1 nitrogen and oxygen atoms in total. The summed E-state index contributed by atoms with van der Waals surface area (Å²) in [6.45, 7) is 3.95. The third kappa shape index (κ3) is 3.74. The van der Waals surface area contributed by atoms with Crippen LogP contribution in [-0.4, -0.2) is 6.10 Å². The number of alkyl halides is 1. The first-order chi connectivity index (χ1) is 9.47. The lowest BCUT2D eigenvalue weighted by Gasteiger charge is -2.13. The molecule has 0 aliphatic rings. The van der Waals surface area contributed by atoms with Crippen LogP contribution in [0.4, 0.5) is 4.39 Å². The molecule has 0 aromatic heterocycles. The standard InChI is InChI=1S/C16H15BrClFO/c1-10(2)20-13-6-3-11(4-7-13)16(18)12-5-8-14(17)15(19)9-12/h3-10,16H,1-2H3. The van der Waals surface area contributed by atoms with Crippen molar-refractivity contribution >= 4 is 27.5 Å². The van der Waals surface area contributed by atoms with Crippen molar-refractivity contribution in [1.82, 2.24) is 0 Å². The molecule has 2 aromatic rings. The molecule has 0 aliphatic heterocycles. The topological polar surface area (TPSA) is 9.23 Å². The highest BCUT2D eigenvalue weighted by molar-refractivity contribution is 9.10. The highest BCUT2D eigenvalue weighted by Gasteiger charge is 2.13. The zero-order valence-electron chi connectivity index (χ0n) is 11.2. The van der Waals surface area contributed by atoms with E-state index >= 15 is 0 Å². The predicted molar refractivity (Wildman–Crippen MR) is 84.0 cm³/mol. The first kappa shape index (κ1) is 15.3. The molecule has 0 saturated heterocycles. The van der Waals surface area contributed by atoms with Crippen molar-refractivity contribution in [2.45, 2.75) is 25.3 Å². The lowest BCUT2D eigenvalue weighted by molar-refractivity contribution is 0.242. The van der Waals surface area contributed by atoms with Gasteiger partial charge in [0, 0.05) is 0 Å². The van der Waals surface area contributed by atoms with E-state index in [9.17, 15) is 4.39 Å². The van der Waals surface area contributed by atoms with Crippen molar-refractivity contribution in [3.05, 3.63) is 63.9 Å². The second-order valence-electron chi connectivity index (χ2n) is 4.77. The SMILES string of the molecule is CC(C)Oc1ccc(C(Cl)c2ccc(Br)c(F)c2)cc1. The van der Waals surface area contributed by atoms with Crippen molar-refractivity contribution in [2.75, 3.05) is 0 Å². The van der Waals surface area contributed by atoms with Crippen LogP contribution in [0.3, 0.4) is 0 Å². The van der Waals surface area contributed by atoms with Gasteiger partial charge in [-0.05, 0) is 65.2 Å². The fourth-order valence-electron chi connectivity index (χ4n) is 1.85. The second kappa shape index (κ2) is 6.59. The molecule has 0 bridgehead atoms. The largest absolute Gasteiger partial charge is 0.491 e. The summed E-state index contributed by atoms with van der Waals surface area (Å²) in [5, 5.41) is -0.384. The molecule has 106 valence electrons. The van der Waals surface area contributed by atoms with Crippen molar-refractivity contribution in [3.8, 4) is 5.75 Å². The van der Waals surface area contributed by atoms with E-state index in [4.69, 9.17) is 16.3 Å². The van der Waals surface area contributed by atoms with Gasteiger partial charge in [-0.1, -0.05) is 18.2 Å². The Balaban J connectivity index is 2.20. The van der Waals surface area contributed by atoms with E-state index in [1.807, 2.05) is 44.2 Å². The summed E-state index contributed by atoms with van der Waals surface area (Å²) in [5.41, 5.74) is 1.63. The maximum Gasteiger partial charge on any atom is 0.137 e. The fourth-order valence-corrected chi connectivity index (χ4v) is 2.38. The first-order valence-electron chi connectivity index (χ1n) is 6.33. The van der Waals surface area contributed by atoms with E-state index in [1.165, 1.54) is 6.07 Å². The molecule has 0 radical (unpaired) electrons. The Morgan fingerprint density at radius 1 is 1.05 bits per heavy atom. The fraction of sp³-hybridized carbons (Fsp3) is 0.250. The summed E-state index contributed by atoms with van der Waals surface area (Å²) in [4.78, 5) is 0. The van der Waals surface area contributed by atoms with Crippen LogP contribution in [0.2, 0.25) is 0 Å². The number of rotatable bonds is 4. The van der Waals surface area contributed by atoms with Crippen LogP contribution in [0.1, 0.15) is 30.4 Å². The van der Waals surface area contributed by atoms with Crippen LogP contribution in [0.5, 0.6) is 5.75 Å². The summed E-state index contributed by atoms with van der Waals surface area (Å²) >= 11 is 9.52. The second-order valence-corrected chi connectivity index (χ2v) is 6.06. The van der Waals surface area contributed by atoms with Gasteiger partial charge in [0.1, 0.15) is 11.6 Å².